The predicted molar refractivity (Wildman–Crippen MR) is 83.4 cm³/mol. The summed E-state index contributed by atoms with van der Waals surface area (Å²) in [5.74, 6) is -0.118. The van der Waals surface area contributed by atoms with E-state index in [4.69, 9.17) is 5.26 Å². The number of nitrogens with one attached hydrogen (secondary N) is 1. The van der Waals surface area contributed by atoms with Gasteiger partial charge >= 0.3 is 0 Å². The molecule has 0 unspecified atom stereocenters. The third kappa shape index (κ3) is 4.63. The highest BCUT2D eigenvalue weighted by Gasteiger charge is 2.04. The Balaban J connectivity index is 1.89. The van der Waals surface area contributed by atoms with Crippen molar-refractivity contribution >= 4 is 12.0 Å². The molecule has 3 heteroatoms. The molecule has 0 aliphatic heterocycles. The first-order chi connectivity index (χ1) is 10.3. The van der Waals surface area contributed by atoms with Gasteiger partial charge in [0.1, 0.15) is 0 Å². The van der Waals surface area contributed by atoms with Crippen molar-refractivity contribution in [3.63, 3.8) is 0 Å². The molecule has 0 saturated carbocycles. The van der Waals surface area contributed by atoms with E-state index < -0.39 is 0 Å². The Morgan fingerprint density at radius 2 is 1.67 bits per heavy atom. The maximum absolute atomic E-state index is 11.9. The van der Waals surface area contributed by atoms with Gasteiger partial charge in [-0.1, -0.05) is 48.5 Å². The lowest BCUT2D eigenvalue weighted by Gasteiger charge is -2.04. The summed E-state index contributed by atoms with van der Waals surface area (Å²) in [7, 11) is 0. The van der Waals surface area contributed by atoms with Crippen molar-refractivity contribution in [1.29, 1.82) is 5.26 Å². The quantitative estimate of drug-likeness (QED) is 0.851. The van der Waals surface area contributed by atoms with Gasteiger partial charge in [-0.05, 0) is 30.2 Å². The number of benzene rings is 2. The lowest BCUT2D eigenvalue weighted by atomic mass is 10.1. The molecule has 0 aliphatic carbocycles. The maximum Gasteiger partial charge on any atom is 0.251 e. The minimum Gasteiger partial charge on any atom is -0.352 e. The zero-order valence-electron chi connectivity index (χ0n) is 11.6. The van der Waals surface area contributed by atoms with Gasteiger partial charge in [0, 0.05) is 17.7 Å². The first-order valence-electron chi connectivity index (χ1n) is 6.78. The molecule has 21 heavy (non-hydrogen) atoms. The van der Waals surface area contributed by atoms with E-state index >= 15 is 0 Å². The molecule has 2 aromatic rings. The summed E-state index contributed by atoms with van der Waals surface area (Å²) in [4.78, 5) is 11.9. The Morgan fingerprint density at radius 1 is 1.05 bits per heavy atom. The topological polar surface area (TPSA) is 52.9 Å². The van der Waals surface area contributed by atoms with Gasteiger partial charge < -0.3 is 5.32 Å². The van der Waals surface area contributed by atoms with Gasteiger partial charge in [-0.2, -0.15) is 5.26 Å². The summed E-state index contributed by atoms with van der Waals surface area (Å²) in [6.45, 7) is 0.444. The van der Waals surface area contributed by atoms with E-state index in [1.165, 1.54) is 0 Å². The van der Waals surface area contributed by atoms with Crippen LogP contribution in [-0.4, -0.2) is 12.5 Å². The van der Waals surface area contributed by atoms with Crippen LogP contribution in [0.5, 0.6) is 0 Å². The third-order valence-corrected chi connectivity index (χ3v) is 3.00. The molecule has 0 saturated heterocycles. The van der Waals surface area contributed by atoms with Gasteiger partial charge in [-0.25, -0.2) is 0 Å². The van der Waals surface area contributed by atoms with E-state index in [1.807, 2.05) is 54.6 Å². The van der Waals surface area contributed by atoms with Crippen molar-refractivity contribution < 1.29 is 4.79 Å². The van der Waals surface area contributed by atoms with E-state index in [0.29, 0.717) is 24.1 Å². The molecular weight excluding hydrogens is 260 g/mol. The third-order valence-electron chi connectivity index (χ3n) is 3.00. The van der Waals surface area contributed by atoms with Crippen LogP contribution in [0.15, 0.2) is 66.2 Å². The Bertz CT molecular complexity index is 655. The first kappa shape index (κ1) is 14.5. The van der Waals surface area contributed by atoms with Crippen molar-refractivity contribution in [1.82, 2.24) is 5.32 Å². The summed E-state index contributed by atoms with van der Waals surface area (Å²) >= 11 is 0. The highest BCUT2D eigenvalue weighted by molar-refractivity contribution is 5.94. The van der Waals surface area contributed by atoms with Crippen LogP contribution in [0.2, 0.25) is 0 Å². The van der Waals surface area contributed by atoms with E-state index in [-0.39, 0.29) is 5.91 Å². The molecule has 0 radical (unpaired) electrons. The fraction of sp³-hybridized carbons (Fsp3) is 0.111. The van der Waals surface area contributed by atoms with E-state index in [2.05, 4.69) is 11.4 Å². The Kier molecular flexibility index (Phi) is 5.31. The molecule has 0 fully saturated rings. The summed E-state index contributed by atoms with van der Waals surface area (Å²) < 4.78 is 0. The van der Waals surface area contributed by atoms with Gasteiger partial charge in [0.25, 0.3) is 5.91 Å². The summed E-state index contributed by atoms with van der Waals surface area (Å²) in [5, 5.41) is 12.0. The number of carbonyl (C=O) groups excluding carboxylic acids is 1. The van der Waals surface area contributed by atoms with Crippen LogP contribution in [-0.2, 0) is 0 Å². The number of amides is 1. The molecule has 3 nitrogen and oxygen atoms in total. The molecule has 0 atom stereocenters. The molecule has 0 heterocycles. The molecule has 1 N–H and O–H groups in total. The minimum atomic E-state index is -0.118. The van der Waals surface area contributed by atoms with Crippen molar-refractivity contribution in [2.45, 2.75) is 6.42 Å². The Labute approximate surface area is 124 Å². The normalized spacial score (nSPS) is 10.7. The highest BCUT2D eigenvalue weighted by Crippen LogP contribution is 2.08. The number of hydrogen-bond acceptors (Lipinski definition) is 2. The van der Waals surface area contributed by atoms with Gasteiger partial charge in [0.05, 0.1) is 6.07 Å². The van der Waals surface area contributed by atoms with Crippen LogP contribution in [0.3, 0.4) is 0 Å². The molecule has 0 bridgehead atoms. The van der Waals surface area contributed by atoms with Crippen LogP contribution >= 0.6 is 0 Å². The van der Waals surface area contributed by atoms with Gasteiger partial charge in [-0.15, -0.1) is 0 Å². The van der Waals surface area contributed by atoms with E-state index in [1.54, 1.807) is 12.1 Å². The van der Waals surface area contributed by atoms with Crippen LogP contribution in [0.1, 0.15) is 22.3 Å². The molecular formula is C18H16N2O. The molecule has 0 aromatic heterocycles. The molecule has 2 rings (SSSR count). The van der Waals surface area contributed by atoms with Crippen molar-refractivity contribution in [3.05, 3.63) is 77.4 Å². The van der Waals surface area contributed by atoms with Gasteiger partial charge in [-0.3, -0.25) is 4.79 Å². The van der Waals surface area contributed by atoms with E-state index in [9.17, 15) is 4.79 Å². The van der Waals surface area contributed by atoms with E-state index in [0.717, 1.165) is 5.56 Å². The SMILES string of the molecule is N#C/C(=C\c1ccccc1)CCNC(=O)c1ccccc1. The number of hydrogen-bond donors (Lipinski definition) is 1. The fourth-order valence-electron chi connectivity index (χ4n) is 1.91. The standard InChI is InChI=1S/C18H16N2O/c19-14-16(13-15-7-3-1-4-8-15)11-12-20-18(21)17-9-5-2-6-10-17/h1-10,13H,11-12H2,(H,20,21)/b16-13-. The molecule has 104 valence electrons. The largest absolute Gasteiger partial charge is 0.352 e. The van der Waals surface area contributed by atoms with Gasteiger partial charge in [0.2, 0.25) is 0 Å². The number of rotatable bonds is 5. The predicted octanol–water partition coefficient (Wildman–Crippen LogP) is 3.41. The Morgan fingerprint density at radius 3 is 2.29 bits per heavy atom. The van der Waals surface area contributed by atoms with Crippen LogP contribution in [0, 0.1) is 11.3 Å². The number of carbonyl (C=O) groups is 1. The molecule has 0 spiro atoms. The monoisotopic (exact) mass is 276 g/mol. The highest BCUT2D eigenvalue weighted by atomic mass is 16.1. The molecule has 1 amide bonds. The average molecular weight is 276 g/mol. The van der Waals surface area contributed by atoms with Crippen LogP contribution in [0.4, 0.5) is 0 Å². The van der Waals surface area contributed by atoms with Crippen molar-refractivity contribution in [2.75, 3.05) is 6.54 Å². The second-order valence-corrected chi connectivity index (χ2v) is 4.56. The lowest BCUT2D eigenvalue weighted by Crippen LogP contribution is -2.24. The smallest absolute Gasteiger partial charge is 0.251 e. The van der Waals surface area contributed by atoms with Crippen molar-refractivity contribution in [2.24, 2.45) is 0 Å². The van der Waals surface area contributed by atoms with Crippen molar-refractivity contribution in [3.8, 4) is 6.07 Å². The first-order valence-corrected chi connectivity index (χ1v) is 6.78. The zero-order chi connectivity index (χ0) is 14.9. The second-order valence-electron chi connectivity index (χ2n) is 4.56. The summed E-state index contributed by atoms with van der Waals surface area (Å²) in [6, 6.07) is 20.9. The number of nitrogens with zero attached hydrogens (tertiary/aromatic N) is 1. The molecule has 2 aromatic carbocycles. The summed E-state index contributed by atoms with van der Waals surface area (Å²) in [6.07, 6.45) is 2.36. The van der Waals surface area contributed by atoms with Crippen LogP contribution in [0.25, 0.3) is 6.08 Å². The second kappa shape index (κ2) is 7.66. The van der Waals surface area contributed by atoms with Gasteiger partial charge in [0.15, 0.2) is 0 Å². The fourth-order valence-corrected chi connectivity index (χ4v) is 1.91. The lowest BCUT2D eigenvalue weighted by molar-refractivity contribution is 0.0954. The number of nitriles is 1. The maximum atomic E-state index is 11.9. The van der Waals surface area contributed by atoms with Crippen LogP contribution < -0.4 is 5.32 Å². The average Bonchev–Trinajstić information content (AvgIpc) is 2.55. The minimum absolute atomic E-state index is 0.118. The Hall–Kier alpha value is -2.86. The zero-order valence-corrected chi connectivity index (χ0v) is 11.6. The summed E-state index contributed by atoms with van der Waals surface area (Å²) in [5.41, 5.74) is 2.26. The molecule has 0 aliphatic rings.